The van der Waals surface area contributed by atoms with Crippen LogP contribution in [0, 0.1) is 20.8 Å². The molecule has 0 aliphatic heterocycles. The summed E-state index contributed by atoms with van der Waals surface area (Å²) in [5.41, 5.74) is 6.66. The Labute approximate surface area is 93.2 Å². The Morgan fingerprint density at radius 1 is 1.07 bits per heavy atom. The first-order valence-corrected chi connectivity index (χ1v) is 5.66. The van der Waals surface area contributed by atoms with E-state index in [-0.39, 0.29) is 0 Å². The van der Waals surface area contributed by atoms with Gasteiger partial charge < -0.3 is 5.32 Å². The summed E-state index contributed by atoms with van der Waals surface area (Å²) in [7, 11) is 0. The van der Waals surface area contributed by atoms with Crippen molar-refractivity contribution in [2.45, 2.75) is 20.8 Å². The second-order valence-electron chi connectivity index (χ2n) is 3.62. The van der Waals surface area contributed by atoms with Gasteiger partial charge >= 0.3 is 0 Å². The molecule has 78 valence electrons. The Balaban J connectivity index is 2.33. The first-order valence-electron chi connectivity index (χ1n) is 4.78. The van der Waals surface area contributed by atoms with Crippen LogP contribution in [-0.2, 0) is 0 Å². The normalized spacial score (nSPS) is 10.3. The first-order chi connectivity index (χ1) is 7.16. The molecule has 15 heavy (non-hydrogen) atoms. The van der Waals surface area contributed by atoms with E-state index in [0.717, 1.165) is 10.8 Å². The van der Waals surface area contributed by atoms with Crippen molar-refractivity contribution in [3.8, 4) is 0 Å². The van der Waals surface area contributed by atoms with Gasteiger partial charge in [-0.2, -0.15) is 0 Å². The molecule has 1 aromatic carbocycles. The lowest BCUT2D eigenvalue weighted by molar-refractivity contribution is 1.09. The highest BCUT2D eigenvalue weighted by Gasteiger charge is 2.03. The van der Waals surface area contributed by atoms with Crippen LogP contribution in [0.25, 0.3) is 0 Å². The van der Waals surface area contributed by atoms with Gasteiger partial charge in [0.2, 0.25) is 5.13 Å². The summed E-state index contributed by atoms with van der Waals surface area (Å²) >= 11 is 1.50. The zero-order valence-electron chi connectivity index (χ0n) is 9.03. The third-order valence-electron chi connectivity index (χ3n) is 2.44. The molecule has 2 aromatic rings. The van der Waals surface area contributed by atoms with Crippen molar-refractivity contribution in [3.63, 3.8) is 0 Å². The Morgan fingerprint density at radius 3 is 2.47 bits per heavy atom. The summed E-state index contributed by atoms with van der Waals surface area (Å²) in [6.45, 7) is 6.33. The molecular weight excluding hydrogens is 206 g/mol. The number of rotatable bonds is 2. The third-order valence-corrected chi connectivity index (χ3v) is 3.05. The van der Waals surface area contributed by atoms with Crippen molar-refractivity contribution in [1.29, 1.82) is 0 Å². The van der Waals surface area contributed by atoms with E-state index in [4.69, 9.17) is 0 Å². The van der Waals surface area contributed by atoms with Gasteiger partial charge in [0.15, 0.2) is 0 Å². The summed E-state index contributed by atoms with van der Waals surface area (Å²) in [6.07, 6.45) is 0. The second-order valence-corrected chi connectivity index (χ2v) is 4.45. The number of aromatic nitrogens is 2. The van der Waals surface area contributed by atoms with E-state index >= 15 is 0 Å². The maximum atomic E-state index is 3.96. The van der Waals surface area contributed by atoms with Gasteiger partial charge in [-0.25, -0.2) is 0 Å². The zero-order chi connectivity index (χ0) is 10.8. The average Bonchev–Trinajstić information content (AvgIpc) is 2.67. The van der Waals surface area contributed by atoms with Crippen molar-refractivity contribution in [1.82, 2.24) is 10.2 Å². The van der Waals surface area contributed by atoms with Gasteiger partial charge in [0, 0.05) is 5.69 Å². The van der Waals surface area contributed by atoms with Crippen molar-refractivity contribution in [2.24, 2.45) is 0 Å². The van der Waals surface area contributed by atoms with Crippen molar-refractivity contribution >= 4 is 22.2 Å². The number of benzene rings is 1. The summed E-state index contributed by atoms with van der Waals surface area (Å²) in [6, 6.07) is 4.32. The van der Waals surface area contributed by atoms with E-state index in [1.807, 2.05) is 0 Å². The van der Waals surface area contributed by atoms with Crippen LogP contribution in [-0.4, -0.2) is 10.2 Å². The predicted octanol–water partition coefficient (Wildman–Crippen LogP) is 3.21. The minimum Gasteiger partial charge on any atom is -0.330 e. The number of hydrogen-bond donors (Lipinski definition) is 1. The van der Waals surface area contributed by atoms with E-state index in [9.17, 15) is 0 Å². The Bertz CT molecular complexity index is 463. The van der Waals surface area contributed by atoms with Crippen LogP contribution >= 0.6 is 11.3 Å². The van der Waals surface area contributed by atoms with Gasteiger partial charge in [-0.15, -0.1) is 10.2 Å². The van der Waals surface area contributed by atoms with Crippen LogP contribution in [0.4, 0.5) is 10.8 Å². The van der Waals surface area contributed by atoms with Crippen molar-refractivity contribution in [2.75, 3.05) is 5.32 Å². The largest absolute Gasteiger partial charge is 0.330 e. The van der Waals surface area contributed by atoms with Gasteiger partial charge in [0.05, 0.1) is 0 Å². The molecule has 0 aliphatic carbocycles. The lowest BCUT2D eigenvalue weighted by Gasteiger charge is -2.09. The minimum atomic E-state index is 0.835. The van der Waals surface area contributed by atoms with Gasteiger partial charge in [-0.3, -0.25) is 0 Å². The monoisotopic (exact) mass is 219 g/mol. The fourth-order valence-electron chi connectivity index (χ4n) is 1.44. The van der Waals surface area contributed by atoms with Gasteiger partial charge in [0.25, 0.3) is 0 Å². The van der Waals surface area contributed by atoms with Crippen LogP contribution in [0.15, 0.2) is 17.6 Å². The fraction of sp³-hybridized carbons (Fsp3) is 0.273. The zero-order valence-corrected chi connectivity index (χ0v) is 9.85. The molecule has 1 N–H and O–H groups in total. The van der Waals surface area contributed by atoms with E-state index < -0.39 is 0 Å². The molecule has 3 nitrogen and oxygen atoms in total. The van der Waals surface area contributed by atoms with Crippen LogP contribution in [0.3, 0.4) is 0 Å². The molecule has 0 bridgehead atoms. The number of nitrogens with one attached hydrogen (secondary N) is 1. The van der Waals surface area contributed by atoms with E-state index in [0.29, 0.717) is 0 Å². The summed E-state index contributed by atoms with van der Waals surface area (Å²) in [4.78, 5) is 0. The van der Waals surface area contributed by atoms with Crippen LogP contribution < -0.4 is 5.32 Å². The summed E-state index contributed by atoms with van der Waals surface area (Å²) < 4.78 is 0. The topological polar surface area (TPSA) is 37.8 Å². The highest BCUT2D eigenvalue weighted by Crippen LogP contribution is 2.24. The van der Waals surface area contributed by atoms with Gasteiger partial charge in [0.1, 0.15) is 5.51 Å². The fourth-order valence-corrected chi connectivity index (χ4v) is 1.90. The molecule has 0 amide bonds. The minimum absolute atomic E-state index is 0.835. The first kappa shape index (κ1) is 10.1. The SMILES string of the molecule is Cc1cc(C)c(Nc2nncs2)cc1C. The molecule has 0 saturated heterocycles. The summed E-state index contributed by atoms with van der Waals surface area (Å²) in [5, 5.41) is 11.9. The molecule has 0 fully saturated rings. The number of anilines is 2. The van der Waals surface area contributed by atoms with Crippen molar-refractivity contribution in [3.05, 3.63) is 34.3 Å². The average molecular weight is 219 g/mol. The molecule has 0 saturated carbocycles. The van der Waals surface area contributed by atoms with E-state index in [1.54, 1.807) is 5.51 Å². The Morgan fingerprint density at radius 2 is 1.80 bits per heavy atom. The van der Waals surface area contributed by atoms with Crippen molar-refractivity contribution < 1.29 is 0 Å². The Hall–Kier alpha value is -1.42. The predicted molar refractivity (Wildman–Crippen MR) is 63.8 cm³/mol. The molecule has 1 aromatic heterocycles. The highest BCUT2D eigenvalue weighted by atomic mass is 32.1. The molecule has 0 spiro atoms. The van der Waals surface area contributed by atoms with Crippen LogP contribution in [0.5, 0.6) is 0 Å². The lowest BCUT2D eigenvalue weighted by Crippen LogP contribution is -1.95. The summed E-state index contributed by atoms with van der Waals surface area (Å²) in [5.74, 6) is 0. The molecule has 2 rings (SSSR count). The molecule has 0 unspecified atom stereocenters. The number of nitrogens with zero attached hydrogens (tertiary/aromatic N) is 2. The molecule has 4 heteroatoms. The number of aryl methyl sites for hydroxylation is 3. The van der Waals surface area contributed by atoms with Crippen LogP contribution in [0.1, 0.15) is 16.7 Å². The van der Waals surface area contributed by atoms with Gasteiger partial charge in [-0.05, 0) is 43.5 Å². The molecule has 0 aliphatic rings. The maximum absolute atomic E-state index is 3.96. The van der Waals surface area contributed by atoms with E-state index in [2.05, 4.69) is 48.4 Å². The molecular formula is C11H13N3S. The molecule has 0 radical (unpaired) electrons. The third kappa shape index (κ3) is 2.15. The standard InChI is InChI=1S/C11H13N3S/c1-7-4-9(3)10(5-8(7)2)13-11-14-12-6-15-11/h4-6H,1-3H3,(H,13,14). The van der Waals surface area contributed by atoms with Crippen LogP contribution in [0.2, 0.25) is 0 Å². The Kier molecular flexibility index (Phi) is 2.68. The maximum Gasteiger partial charge on any atom is 0.209 e. The molecule has 0 atom stereocenters. The lowest BCUT2D eigenvalue weighted by atomic mass is 10.1. The van der Waals surface area contributed by atoms with E-state index in [1.165, 1.54) is 28.0 Å². The number of hydrogen-bond acceptors (Lipinski definition) is 4. The van der Waals surface area contributed by atoms with Gasteiger partial charge in [-0.1, -0.05) is 17.4 Å². The second kappa shape index (κ2) is 3.98. The smallest absolute Gasteiger partial charge is 0.209 e. The highest BCUT2D eigenvalue weighted by molar-refractivity contribution is 7.13. The quantitative estimate of drug-likeness (QED) is 0.842. The molecule has 1 heterocycles.